The van der Waals surface area contributed by atoms with Crippen molar-refractivity contribution in [2.75, 3.05) is 14.2 Å². The third-order valence-electron chi connectivity index (χ3n) is 3.75. The van der Waals surface area contributed by atoms with Crippen LogP contribution in [0.4, 0.5) is 0 Å². The van der Waals surface area contributed by atoms with Crippen LogP contribution in [0, 0.1) is 0 Å². The third kappa shape index (κ3) is 3.12. The van der Waals surface area contributed by atoms with Gasteiger partial charge < -0.3 is 14.0 Å². The SMILES string of the molecule is COC(=O)c1cc(Br)c(=O)n([C@@H]2CCC[C@@H](OC)C2)c1. The molecule has 1 aromatic heterocycles. The minimum absolute atomic E-state index is 0.0575. The van der Waals surface area contributed by atoms with E-state index >= 15 is 0 Å². The van der Waals surface area contributed by atoms with E-state index in [0.29, 0.717) is 10.0 Å². The molecule has 0 N–H and O–H groups in total. The van der Waals surface area contributed by atoms with Crippen LogP contribution in [0.5, 0.6) is 0 Å². The van der Waals surface area contributed by atoms with E-state index in [0.717, 1.165) is 25.7 Å². The zero-order valence-corrected chi connectivity index (χ0v) is 13.2. The second-order valence-corrected chi connectivity index (χ2v) is 5.81. The van der Waals surface area contributed by atoms with E-state index in [4.69, 9.17) is 9.47 Å². The van der Waals surface area contributed by atoms with Gasteiger partial charge in [-0.05, 0) is 47.7 Å². The summed E-state index contributed by atoms with van der Waals surface area (Å²) in [5.74, 6) is -0.446. The largest absolute Gasteiger partial charge is 0.465 e. The van der Waals surface area contributed by atoms with Crippen LogP contribution in [0.25, 0.3) is 0 Å². The molecule has 110 valence electrons. The van der Waals surface area contributed by atoms with E-state index < -0.39 is 5.97 Å². The van der Waals surface area contributed by atoms with E-state index in [1.807, 2.05) is 0 Å². The topological polar surface area (TPSA) is 57.5 Å². The number of methoxy groups -OCH3 is 2. The van der Waals surface area contributed by atoms with Gasteiger partial charge in [-0.1, -0.05) is 0 Å². The summed E-state index contributed by atoms with van der Waals surface area (Å²) in [7, 11) is 3.02. The van der Waals surface area contributed by atoms with Gasteiger partial charge in [-0.3, -0.25) is 4.79 Å². The van der Waals surface area contributed by atoms with Gasteiger partial charge in [-0.2, -0.15) is 0 Å². The van der Waals surface area contributed by atoms with Crippen LogP contribution >= 0.6 is 15.9 Å². The predicted octanol–water partition coefficient (Wildman–Crippen LogP) is 2.53. The Kier molecular flexibility index (Phi) is 4.99. The second-order valence-electron chi connectivity index (χ2n) is 4.96. The maximum Gasteiger partial charge on any atom is 0.339 e. The Morgan fingerprint density at radius 1 is 1.40 bits per heavy atom. The Labute approximate surface area is 126 Å². The summed E-state index contributed by atoms with van der Waals surface area (Å²) in [6, 6.07) is 1.56. The van der Waals surface area contributed by atoms with Crippen molar-refractivity contribution in [1.82, 2.24) is 4.57 Å². The maximum atomic E-state index is 12.2. The number of hydrogen-bond donors (Lipinski definition) is 0. The molecule has 0 unspecified atom stereocenters. The van der Waals surface area contributed by atoms with Crippen molar-refractivity contribution in [3.05, 3.63) is 32.7 Å². The van der Waals surface area contributed by atoms with E-state index in [9.17, 15) is 9.59 Å². The number of carbonyl (C=O) groups is 1. The molecule has 0 aliphatic heterocycles. The Hall–Kier alpha value is -1.14. The molecule has 1 saturated carbocycles. The average Bonchev–Trinajstić information content (AvgIpc) is 2.49. The zero-order chi connectivity index (χ0) is 14.7. The summed E-state index contributed by atoms with van der Waals surface area (Å²) in [6.07, 6.45) is 5.47. The number of nitrogens with zero attached hydrogens (tertiary/aromatic N) is 1. The fourth-order valence-corrected chi connectivity index (χ4v) is 3.11. The number of esters is 1. The molecule has 2 atom stereocenters. The standard InChI is InChI=1S/C14H18BrNO4/c1-19-11-5-3-4-10(7-11)16-8-9(14(18)20-2)6-12(15)13(16)17/h6,8,10-11H,3-5,7H2,1-2H3/t10-,11-/m1/s1. The molecule has 2 rings (SSSR count). The molecule has 6 heteroatoms. The quantitative estimate of drug-likeness (QED) is 0.791. The van der Waals surface area contributed by atoms with E-state index in [1.54, 1.807) is 17.9 Å². The lowest BCUT2D eigenvalue weighted by atomic mass is 9.92. The first-order valence-corrected chi connectivity index (χ1v) is 7.39. The zero-order valence-electron chi connectivity index (χ0n) is 11.6. The highest BCUT2D eigenvalue weighted by atomic mass is 79.9. The summed E-state index contributed by atoms with van der Waals surface area (Å²) in [4.78, 5) is 23.9. The number of aromatic nitrogens is 1. The molecule has 20 heavy (non-hydrogen) atoms. The van der Waals surface area contributed by atoms with E-state index in [2.05, 4.69) is 15.9 Å². The van der Waals surface area contributed by atoms with Crippen molar-refractivity contribution in [3.8, 4) is 0 Å². The van der Waals surface area contributed by atoms with Gasteiger partial charge in [-0.25, -0.2) is 4.79 Å². The van der Waals surface area contributed by atoms with Crippen LogP contribution in [-0.4, -0.2) is 30.9 Å². The average molecular weight is 344 g/mol. The third-order valence-corrected chi connectivity index (χ3v) is 4.31. The highest BCUT2D eigenvalue weighted by Gasteiger charge is 2.25. The number of ether oxygens (including phenoxy) is 2. The highest BCUT2D eigenvalue weighted by molar-refractivity contribution is 9.10. The summed E-state index contributed by atoms with van der Waals surface area (Å²) >= 11 is 3.22. The summed E-state index contributed by atoms with van der Waals surface area (Å²) in [5.41, 5.74) is 0.248. The molecule has 0 amide bonds. The fourth-order valence-electron chi connectivity index (χ4n) is 2.66. The van der Waals surface area contributed by atoms with Gasteiger partial charge in [-0.15, -0.1) is 0 Å². The normalized spacial score (nSPS) is 22.6. The Morgan fingerprint density at radius 3 is 2.80 bits per heavy atom. The van der Waals surface area contributed by atoms with E-state index in [1.165, 1.54) is 13.2 Å². The number of hydrogen-bond acceptors (Lipinski definition) is 4. The van der Waals surface area contributed by atoms with Crippen LogP contribution in [0.1, 0.15) is 42.1 Å². The van der Waals surface area contributed by atoms with Crippen molar-refractivity contribution < 1.29 is 14.3 Å². The molecule has 0 radical (unpaired) electrons. The minimum Gasteiger partial charge on any atom is -0.465 e. The first kappa shape index (κ1) is 15.3. The van der Waals surface area contributed by atoms with Crippen LogP contribution in [-0.2, 0) is 9.47 Å². The van der Waals surface area contributed by atoms with Gasteiger partial charge >= 0.3 is 5.97 Å². The molecule has 1 heterocycles. The van der Waals surface area contributed by atoms with Crippen molar-refractivity contribution in [1.29, 1.82) is 0 Å². The van der Waals surface area contributed by atoms with E-state index in [-0.39, 0.29) is 17.7 Å². The molecule has 0 saturated heterocycles. The molecule has 1 aliphatic rings. The molecule has 0 aromatic carbocycles. The Balaban J connectivity index is 2.37. The maximum absolute atomic E-state index is 12.2. The Bertz CT molecular complexity index is 555. The molecule has 1 fully saturated rings. The van der Waals surface area contributed by atoms with Gasteiger partial charge in [0, 0.05) is 19.3 Å². The van der Waals surface area contributed by atoms with Crippen molar-refractivity contribution >= 4 is 21.9 Å². The summed E-state index contributed by atoms with van der Waals surface area (Å²) < 4.78 is 12.1. The molecular formula is C14H18BrNO4. The summed E-state index contributed by atoms with van der Waals surface area (Å²) in [6.45, 7) is 0. The van der Waals surface area contributed by atoms with Gasteiger partial charge in [0.2, 0.25) is 0 Å². The van der Waals surface area contributed by atoms with Gasteiger partial charge in [0.15, 0.2) is 0 Å². The van der Waals surface area contributed by atoms with Crippen molar-refractivity contribution in [3.63, 3.8) is 0 Å². The number of pyridine rings is 1. The number of halogens is 1. The van der Waals surface area contributed by atoms with Gasteiger partial charge in [0.25, 0.3) is 5.56 Å². The summed E-state index contributed by atoms with van der Waals surface area (Å²) in [5, 5.41) is 0. The van der Waals surface area contributed by atoms with Gasteiger partial charge in [0.1, 0.15) is 0 Å². The number of carbonyl (C=O) groups excluding carboxylic acids is 1. The number of rotatable bonds is 3. The molecule has 1 aliphatic carbocycles. The lowest BCUT2D eigenvalue weighted by Gasteiger charge is -2.29. The minimum atomic E-state index is -0.446. The second kappa shape index (κ2) is 6.54. The van der Waals surface area contributed by atoms with Crippen LogP contribution < -0.4 is 5.56 Å². The molecule has 0 spiro atoms. The van der Waals surface area contributed by atoms with Crippen molar-refractivity contribution in [2.45, 2.75) is 37.8 Å². The van der Waals surface area contributed by atoms with Crippen LogP contribution in [0.2, 0.25) is 0 Å². The molecule has 1 aromatic rings. The first-order valence-electron chi connectivity index (χ1n) is 6.59. The smallest absolute Gasteiger partial charge is 0.339 e. The predicted molar refractivity (Wildman–Crippen MR) is 78.0 cm³/mol. The first-order chi connectivity index (χ1) is 9.56. The molecule has 0 bridgehead atoms. The monoisotopic (exact) mass is 343 g/mol. The lowest BCUT2D eigenvalue weighted by molar-refractivity contribution is 0.0520. The van der Waals surface area contributed by atoms with Crippen LogP contribution in [0.3, 0.4) is 0 Å². The van der Waals surface area contributed by atoms with Crippen molar-refractivity contribution in [2.24, 2.45) is 0 Å². The van der Waals surface area contributed by atoms with Crippen LogP contribution in [0.15, 0.2) is 21.5 Å². The highest BCUT2D eigenvalue weighted by Crippen LogP contribution is 2.29. The molecular weight excluding hydrogens is 326 g/mol. The lowest BCUT2D eigenvalue weighted by Crippen LogP contribution is -2.31. The Morgan fingerprint density at radius 2 is 2.15 bits per heavy atom. The fraction of sp³-hybridized carbons (Fsp3) is 0.571. The molecule has 5 nitrogen and oxygen atoms in total. The van der Waals surface area contributed by atoms with Gasteiger partial charge in [0.05, 0.1) is 23.2 Å².